The van der Waals surface area contributed by atoms with Crippen LogP contribution in [0.2, 0.25) is 0 Å². The van der Waals surface area contributed by atoms with Crippen LogP contribution >= 0.6 is 0 Å². The average Bonchev–Trinajstić information content (AvgIpc) is 2.66. The smallest absolute Gasteiger partial charge is 0.258 e. The van der Waals surface area contributed by atoms with E-state index in [4.69, 9.17) is 0 Å². The number of hydrogen-bond acceptors (Lipinski definition) is 2. The van der Waals surface area contributed by atoms with E-state index in [2.05, 4.69) is 33.0 Å². The van der Waals surface area contributed by atoms with Crippen LogP contribution in [0.25, 0.3) is 0 Å². The monoisotopic (exact) mass is 265 g/mol. The molecule has 1 aliphatic carbocycles. The summed E-state index contributed by atoms with van der Waals surface area (Å²) in [5.74, 6) is -1.23. The highest BCUT2D eigenvalue weighted by Crippen LogP contribution is 2.67. The van der Waals surface area contributed by atoms with Crippen LogP contribution < -0.4 is 5.32 Å². The Labute approximate surface area is 112 Å². The summed E-state index contributed by atoms with van der Waals surface area (Å²) in [5.41, 5.74) is 0.0496. The first-order valence-electron chi connectivity index (χ1n) is 6.45. The molecule has 1 amide bonds. The Morgan fingerprint density at radius 2 is 1.89 bits per heavy atom. The lowest BCUT2D eigenvalue weighted by atomic mass is 10.0. The van der Waals surface area contributed by atoms with Crippen molar-refractivity contribution in [1.29, 1.82) is 0 Å². The summed E-state index contributed by atoms with van der Waals surface area (Å²) in [4.78, 5) is 11.9. The third kappa shape index (κ3) is 2.09. The number of rotatable bonds is 3. The van der Waals surface area contributed by atoms with E-state index in [1.54, 1.807) is 0 Å². The van der Waals surface area contributed by atoms with E-state index < -0.39 is 11.7 Å². The molecule has 104 valence electrons. The summed E-state index contributed by atoms with van der Waals surface area (Å²) in [6.45, 7) is 9.12. The van der Waals surface area contributed by atoms with Gasteiger partial charge in [-0.3, -0.25) is 4.79 Å². The summed E-state index contributed by atoms with van der Waals surface area (Å²) >= 11 is 0. The van der Waals surface area contributed by atoms with Crippen LogP contribution in [0.15, 0.2) is 18.2 Å². The van der Waals surface area contributed by atoms with Crippen molar-refractivity contribution in [2.45, 2.75) is 27.7 Å². The average molecular weight is 265 g/mol. The molecule has 1 saturated carbocycles. The van der Waals surface area contributed by atoms with Crippen molar-refractivity contribution in [3.63, 3.8) is 0 Å². The molecule has 0 saturated heterocycles. The van der Waals surface area contributed by atoms with Crippen LogP contribution in [0.1, 0.15) is 38.1 Å². The molecule has 4 heteroatoms. The van der Waals surface area contributed by atoms with Crippen molar-refractivity contribution in [1.82, 2.24) is 5.32 Å². The molecular formula is C15H20FNO2. The van der Waals surface area contributed by atoms with Gasteiger partial charge >= 0.3 is 0 Å². The Morgan fingerprint density at radius 1 is 1.32 bits per heavy atom. The lowest BCUT2D eigenvalue weighted by Gasteiger charge is -2.08. The fourth-order valence-corrected chi connectivity index (χ4v) is 2.86. The topological polar surface area (TPSA) is 49.3 Å². The van der Waals surface area contributed by atoms with Gasteiger partial charge in [0.25, 0.3) is 5.91 Å². The number of carbonyl (C=O) groups excluding carboxylic acids is 1. The number of hydrogen-bond donors (Lipinski definition) is 2. The molecule has 0 aromatic heterocycles. The van der Waals surface area contributed by atoms with Crippen LogP contribution in [0, 0.1) is 22.6 Å². The second-order valence-electron chi connectivity index (χ2n) is 6.34. The summed E-state index contributed by atoms with van der Waals surface area (Å²) in [7, 11) is 0. The van der Waals surface area contributed by atoms with Crippen LogP contribution in [0.5, 0.6) is 5.75 Å². The van der Waals surface area contributed by atoms with Crippen LogP contribution in [0.4, 0.5) is 4.39 Å². The second kappa shape index (κ2) is 4.22. The summed E-state index contributed by atoms with van der Waals surface area (Å²) in [5, 5.41) is 12.3. The number of phenolic OH excluding ortho intramolecular Hbond substituents is 1. The molecule has 1 aromatic rings. The molecule has 2 rings (SSSR count). The number of halogens is 1. The maximum Gasteiger partial charge on any atom is 0.258 e. The summed E-state index contributed by atoms with van der Waals surface area (Å²) in [6.07, 6.45) is 0. The predicted octanol–water partition coefficient (Wildman–Crippen LogP) is 2.94. The second-order valence-corrected chi connectivity index (χ2v) is 6.34. The van der Waals surface area contributed by atoms with Gasteiger partial charge in [0.2, 0.25) is 0 Å². The van der Waals surface area contributed by atoms with Crippen LogP contribution in [-0.4, -0.2) is 17.6 Å². The van der Waals surface area contributed by atoms with Gasteiger partial charge in [-0.05, 0) is 28.9 Å². The zero-order chi connectivity index (χ0) is 14.4. The van der Waals surface area contributed by atoms with Gasteiger partial charge in [-0.15, -0.1) is 0 Å². The number of benzene rings is 1. The highest BCUT2D eigenvalue weighted by Gasteiger charge is 2.64. The molecule has 0 spiro atoms. The summed E-state index contributed by atoms with van der Waals surface area (Å²) < 4.78 is 13.5. The van der Waals surface area contributed by atoms with E-state index in [-0.39, 0.29) is 22.1 Å². The quantitative estimate of drug-likeness (QED) is 0.882. The van der Waals surface area contributed by atoms with E-state index in [0.29, 0.717) is 12.5 Å². The first-order valence-corrected chi connectivity index (χ1v) is 6.45. The number of carbonyl (C=O) groups is 1. The van der Waals surface area contributed by atoms with E-state index in [1.165, 1.54) is 18.2 Å². The van der Waals surface area contributed by atoms with Gasteiger partial charge in [0.15, 0.2) is 0 Å². The van der Waals surface area contributed by atoms with Gasteiger partial charge in [-0.2, -0.15) is 0 Å². The fourth-order valence-electron chi connectivity index (χ4n) is 2.86. The molecular weight excluding hydrogens is 245 g/mol. The SMILES string of the molecule is CC1(C)C(CNC(=O)c2c(O)cccc2F)C1(C)C. The van der Waals surface area contributed by atoms with Gasteiger partial charge in [-0.25, -0.2) is 4.39 Å². The minimum absolute atomic E-state index is 0.164. The van der Waals surface area contributed by atoms with Crippen molar-refractivity contribution < 1.29 is 14.3 Å². The van der Waals surface area contributed by atoms with Gasteiger partial charge in [0.05, 0.1) is 0 Å². The molecule has 2 N–H and O–H groups in total. The third-order valence-corrected chi connectivity index (χ3v) is 5.01. The Kier molecular flexibility index (Phi) is 3.07. The maximum absolute atomic E-state index is 13.5. The third-order valence-electron chi connectivity index (χ3n) is 5.01. The van der Waals surface area contributed by atoms with Crippen molar-refractivity contribution in [3.05, 3.63) is 29.6 Å². The van der Waals surface area contributed by atoms with Gasteiger partial charge in [0.1, 0.15) is 17.1 Å². The maximum atomic E-state index is 13.5. The Morgan fingerprint density at radius 3 is 2.37 bits per heavy atom. The standard InChI is InChI=1S/C15H20FNO2/c1-14(2)11(15(14,3)4)8-17-13(19)12-9(16)6-5-7-10(12)18/h5-7,11,18H,8H2,1-4H3,(H,17,19). The van der Waals surface area contributed by atoms with Crippen molar-refractivity contribution in [2.75, 3.05) is 6.54 Å². The van der Waals surface area contributed by atoms with Gasteiger partial charge in [0, 0.05) is 6.54 Å². The predicted molar refractivity (Wildman–Crippen MR) is 71.5 cm³/mol. The fraction of sp³-hybridized carbons (Fsp3) is 0.533. The largest absolute Gasteiger partial charge is 0.507 e. The van der Waals surface area contributed by atoms with Gasteiger partial charge < -0.3 is 10.4 Å². The number of aromatic hydroxyl groups is 1. The summed E-state index contributed by atoms with van der Waals surface area (Å²) in [6, 6.07) is 3.84. The zero-order valence-corrected chi connectivity index (χ0v) is 11.7. The normalized spacial score (nSPS) is 20.1. The van der Waals surface area contributed by atoms with E-state index in [9.17, 15) is 14.3 Å². The lowest BCUT2D eigenvalue weighted by molar-refractivity contribution is 0.0943. The van der Waals surface area contributed by atoms with Crippen LogP contribution in [0.3, 0.4) is 0 Å². The Balaban J connectivity index is 2.04. The number of amides is 1. The molecule has 1 aliphatic rings. The molecule has 0 atom stereocenters. The molecule has 0 unspecified atom stereocenters. The molecule has 0 aliphatic heterocycles. The number of nitrogens with one attached hydrogen (secondary N) is 1. The van der Waals surface area contributed by atoms with Gasteiger partial charge in [-0.1, -0.05) is 33.8 Å². The molecule has 0 heterocycles. The molecule has 1 aromatic carbocycles. The van der Waals surface area contributed by atoms with Crippen molar-refractivity contribution in [3.8, 4) is 5.75 Å². The van der Waals surface area contributed by atoms with E-state index in [0.717, 1.165) is 0 Å². The minimum atomic E-state index is -0.702. The molecule has 1 fully saturated rings. The Hall–Kier alpha value is -1.58. The van der Waals surface area contributed by atoms with E-state index in [1.807, 2.05) is 0 Å². The highest BCUT2D eigenvalue weighted by molar-refractivity contribution is 5.97. The number of phenols is 1. The zero-order valence-electron chi connectivity index (χ0n) is 11.7. The lowest BCUT2D eigenvalue weighted by Crippen LogP contribution is -2.28. The van der Waals surface area contributed by atoms with Crippen molar-refractivity contribution >= 4 is 5.91 Å². The first-order chi connectivity index (χ1) is 8.69. The molecule has 0 radical (unpaired) electrons. The molecule has 3 nitrogen and oxygen atoms in total. The molecule has 19 heavy (non-hydrogen) atoms. The Bertz CT molecular complexity index is 489. The minimum Gasteiger partial charge on any atom is -0.507 e. The molecule has 0 bridgehead atoms. The van der Waals surface area contributed by atoms with Crippen molar-refractivity contribution in [2.24, 2.45) is 16.7 Å². The van der Waals surface area contributed by atoms with E-state index >= 15 is 0 Å². The van der Waals surface area contributed by atoms with Crippen LogP contribution in [-0.2, 0) is 0 Å². The first kappa shape index (κ1) is 13.8. The highest BCUT2D eigenvalue weighted by atomic mass is 19.1.